The molecule has 25 heavy (non-hydrogen) atoms. The van der Waals surface area contributed by atoms with Gasteiger partial charge in [0.25, 0.3) is 5.69 Å². The molecule has 0 saturated carbocycles. The van der Waals surface area contributed by atoms with Crippen LogP contribution in [0.2, 0.25) is 0 Å². The molecule has 0 atom stereocenters. The number of rotatable bonds is 5. The highest BCUT2D eigenvalue weighted by Crippen LogP contribution is 2.34. The second kappa shape index (κ2) is 7.99. The second-order valence-electron chi connectivity index (χ2n) is 4.60. The van der Waals surface area contributed by atoms with Gasteiger partial charge in [0.1, 0.15) is 0 Å². The molecule has 8 nitrogen and oxygen atoms in total. The van der Waals surface area contributed by atoms with Gasteiger partial charge in [0.15, 0.2) is 5.75 Å². The number of halogens is 2. The van der Waals surface area contributed by atoms with Gasteiger partial charge >= 0.3 is 5.97 Å². The number of hydrogen-bond donors (Lipinski definition) is 0. The van der Waals surface area contributed by atoms with Crippen LogP contribution in [0.15, 0.2) is 51.5 Å². The van der Waals surface area contributed by atoms with E-state index >= 15 is 0 Å². The molecule has 0 unspecified atom stereocenters. The molecule has 0 heterocycles. The van der Waals surface area contributed by atoms with Crippen molar-refractivity contribution >= 4 is 49.6 Å². The summed E-state index contributed by atoms with van der Waals surface area (Å²) in [5, 5.41) is 21.2. The first kappa shape index (κ1) is 18.7. The quantitative estimate of drug-likeness (QED) is 0.273. The van der Waals surface area contributed by atoms with Gasteiger partial charge in [0.2, 0.25) is 6.20 Å². The zero-order valence-electron chi connectivity index (χ0n) is 12.2. The van der Waals surface area contributed by atoms with Gasteiger partial charge in [-0.25, -0.2) is 4.79 Å². The van der Waals surface area contributed by atoms with Crippen LogP contribution < -0.4 is 4.74 Å². The highest BCUT2D eigenvalue weighted by Gasteiger charge is 2.16. The average Bonchev–Trinajstić information content (AvgIpc) is 2.55. The fraction of sp³-hybridized carbons (Fsp3) is 0. The Morgan fingerprint density at radius 2 is 1.72 bits per heavy atom. The maximum atomic E-state index is 12.2. The second-order valence-corrected chi connectivity index (χ2v) is 6.37. The fourth-order valence-electron chi connectivity index (χ4n) is 1.82. The van der Waals surface area contributed by atoms with Gasteiger partial charge in [0, 0.05) is 28.2 Å². The third-order valence-electron chi connectivity index (χ3n) is 2.92. The molecule has 0 spiro atoms. The molecular weight excluding hydrogens is 464 g/mol. The van der Waals surface area contributed by atoms with E-state index in [0.29, 0.717) is 14.5 Å². The summed E-state index contributed by atoms with van der Waals surface area (Å²) >= 11 is 6.49. The Morgan fingerprint density at radius 3 is 2.28 bits per heavy atom. The van der Waals surface area contributed by atoms with Crippen LogP contribution in [0.5, 0.6) is 5.75 Å². The van der Waals surface area contributed by atoms with E-state index in [4.69, 9.17) is 4.74 Å². The Balaban J connectivity index is 2.33. The number of nitrogens with zero attached hydrogens (tertiary/aromatic N) is 2. The minimum Gasteiger partial charge on any atom is -0.421 e. The smallest absolute Gasteiger partial charge is 0.343 e. The Bertz CT molecular complexity index is 880. The van der Waals surface area contributed by atoms with Crippen LogP contribution in [-0.4, -0.2) is 15.8 Å². The number of carbonyl (C=O) groups is 1. The number of non-ortho nitro benzene ring substituents is 1. The van der Waals surface area contributed by atoms with E-state index in [9.17, 15) is 25.0 Å². The lowest BCUT2D eigenvalue weighted by Crippen LogP contribution is -2.10. The molecule has 0 radical (unpaired) electrons. The number of nitro groups is 2. The molecule has 0 saturated heterocycles. The molecular formula is C15H8Br2N2O6. The van der Waals surface area contributed by atoms with E-state index in [0.717, 1.165) is 6.20 Å². The minimum absolute atomic E-state index is 0.0876. The van der Waals surface area contributed by atoms with Gasteiger partial charge in [-0.15, -0.1) is 0 Å². The molecule has 2 aromatic rings. The van der Waals surface area contributed by atoms with Gasteiger partial charge in [-0.05, 0) is 40.2 Å². The van der Waals surface area contributed by atoms with Crippen molar-refractivity contribution in [2.75, 3.05) is 0 Å². The lowest BCUT2D eigenvalue weighted by molar-refractivity contribution is -0.400. The summed E-state index contributed by atoms with van der Waals surface area (Å²) in [4.78, 5) is 32.2. The summed E-state index contributed by atoms with van der Waals surface area (Å²) in [6.07, 6.45) is 1.91. The van der Waals surface area contributed by atoms with Gasteiger partial charge < -0.3 is 4.74 Å². The molecule has 0 fully saturated rings. The number of benzene rings is 2. The first-order valence-corrected chi connectivity index (χ1v) is 8.14. The Hall–Kier alpha value is -2.59. The van der Waals surface area contributed by atoms with Gasteiger partial charge in [0.05, 0.1) is 19.9 Å². The summed E-state index contributed by atoms with van der Waals surface area (Å²) in [5.74, 6) is -0.668. The van der Waals surface area contributed by atoms with E-state index in [2.05, 4.69) is 31.9 Å². The van der Waals surface area contributed by atoms with Crippen LogP contribution in [-0.2, 0) is 0 Å². The van der Waals surface area contributed by atoms with E-state index in [1.54, 1.807) is 12.1 Å². The Morgan fingerprint density at radius 1 is 1.08 bits per heavy atom. The third-order valence-corrected chi connectivity index (χ3v) is 3.97. The SMILES string of the molecule is O=C(Oc1c(Br)cc(Br)cc1/C=C/[N+](=O)[O-])c1ccc([N+](=O)[O-])cc1. The standard InChI is InChI=1S/C15H8Br2N2O6/c16-11-7-10(5-6-18(21)22)14(13(17)8-11)25-15(20)9-1-3-12(4-2-9)19(23)24/h1-8H/b6-5+. The van der Waals surface area contributed by atoms with Crippen molar-refractivity contribution < 1.29 is 19.4 Å². The van der Waals surface area contributed by atoms with E-state index < -0.39 is 15.8 Å². The molecule has 128 valence electrons. The molecule has 0 bridgehead atoms. The molecule has 0 aliphatic rings. The predicted octanol–water partition coefficient (Wildman–Crippen LogP) is 4.59. The van der Waals surface area contributed by atoms with Crippen molar-refractivity contribution in [3.8, 4) is 5.75 Å². The predicted molar refractivity (Wildman–Crippen MR) is 95.9 cm³/mol. The van der Waals surface area contributed by atoms with Crippen LogP contribution in [0.4, 0.5) is 5.69 Å². The summed E-state index contributed by atoms with van der Waals surface area (Å²) in [5.41, 5.74) is 0.244. The molecule has 2 aromatic carbocycles. The van der Waals surface area contributed by atoms with Gasteiger partial charge in [-0.3, -0.25) is 20.2 Å². The molecule has 0 N–H and O–H groups in total. The highest BCUT2D eigenvalue weighted by molar-refractivity contribution is 9.11. The zero-order valence-corrected chi connectivity index (χ0v) is 15.4. The van der Waals surface area contributed by atoms with E-state index in [1.807, 2.05) is 0 Å². The molecule has 10 heteroatoms. The lowest BCUT2D eigenvalue weighted by Gasteiger charge is -2.10. The van der Waals surface area contributed by atoms with Gasteiger partial charge in [-0.2, -0.15) is 0 Å². The van der Waals surface area contributed by atoms with Crippen molar-refractivity contribution in [3.63, 3.8) is 0 Å². The van der Waals surface area contributed by atoms with E-state index in [1.165, 1.54) is 30.3 Å². The topological polar surface area (TPSA) is 113 Å². The largest absolute Gasteiger partial charge is 0.421 e. The summed E-state index contributed by atoms with van der Waals surface area (Å²) in [6.45, 7) is 0. The minimum atomic E-state index is -0.756. The number of carbonyl (C=O) groups excluding carboxylic acids is 1. The van der Waals surface area contributed by atoms with Crippen molar-refractivity contribution in [2.24, 2.45) is 0 Å². The molecule has 0 aromatic heterocycles. The number of esters is 1. The van der Waals surface area contributed by atoms with Crippen LogP contribution in [0, 0.1) is 20.2 Å². The van der Waals surface area contributed by atoms with E-state index in [-0.39, 0.29) is 17.0 Å². The molecule has 2 rings (SSSR count). The Labute approximate surface area is 157 Å². The summed E-state index contributed by atoms with van der Waals surface area (Å²) < 4.78 is 6.33. The van der Waals surface area contributed by atoms with Crippen molar-refractivity contribution in [1.29, 1.82) is 0 Å². The first-order valence-electron chi connectivity index (χ1n) is 6.55. The molecule has 0 aliphatic heterocycles. The lowest BCUT2D eigenvalue weighted by atomic mass is 10.2. The van der Waals surface area contributed by atoms with Crippen LogP contribution in [0.1, 0.15) is 15.9 Å². The average molecular weight is 472 g/mol. The maximum Gasteiger partial charge on any atom is 0.343 e. The number of hydrogen-bond acceptors (Lipinski definition) is 6. The normalized spacial score (nSPS) is 10.6. The molecule has 0 amide bonds. The maximum absolute atomic E-state index is 12.2. The summed E-state index contributed by atoms with van der Waals surface area (Å²) in [6, 6.07) is 8.05. The highest BCUT2D eigenvalue weighted by atomic mass is 79.9. The monoisotopic (exact) mass is 470 g/mol. The van der Waals surface area contributed by atoms with Crippen molar-refractivity contribution in [2.45, 2.75) is 0 Å². The van der Waals surface area contributed by atoms with Crippen LogP contribution in [0.3, 0.4) is 0 Å². The van der Waals surface area contributed by atoms with Crippen LogP contribution >= 0.6 is 31.9 Å². The molecule has 0 aliphatic carbocycles. The van der Waals surface area contributed by atoms with Crippen molar-refractivity contribution in [1.82, 2.24) is 0 Å². The zero-order chi connectivity index (χ0) is 18.6. The Kier molecular flexibility index (Phi) is 5.99. The van der Waals surface area contributed by atoms with Crippen LogP contribution in [0.25, 0.3) is 6.08 Å². The van der Waals surface area contributed by atoms with Crippen molar-refractivity contribution in [3.05, 3.63) is 82.9 Å². The summed E-state index contributed by atoms with van der Waals surface area (Å²) in [7, 11) is 0. The first-order chi connectivity index (χ1) is 11.8. The number of nitro benzene ring substituents is 1. The number of ether oxygens (including phenoxy) is 1. The van der Waals surface area contributed by atoms with Gasteiger partial charge in [-0.1, -0.05) is 15.9 Å². The third kappa shape index (κ3) is 4.94. The fourth-order valence-corrected chi connectivity index (χ4v) is 3.16.